The Morgan fingerprint density at radius 1 is 1.56 bits per heavy atom. The molecule has 1 aromatic carbocycles. The van der Waals surface area contributed by atoms with Gasteiger partial charge in [-0.1, -0.05) is 0 Å². The molecule has 0 spiro atoms. The van der Waals surface area contributed by atoms with Crippen molar-refractivity contribution in [2.75, 3.05) is 17.6 Å². The fraction of sp³-hybridized carbons (Fsp3) is 0.455. The Kier molecular flexibility index (Phi) is 5.27. The third kappa shape index (κ3) is 4.13. The molecule has 16 heavy (non-hydrogen) atoms. The summed E-state index contributed by atoms with van der Waals surface area (Å²) in [6.45, 7) is 2.42. The number of benzene rings is 1. The molecule has 0 saturated heterocycles. The first-order chi connectivity index (χ1) is 7.50. The number of aliphatic hydroxyl groups excluding tert-OH is 1. The van der Waals surface area contributed by atoms with Gasteiger partial charge in [0.05, 0.1) is 21.0 Å². The minimum absolute atomic E-state index is 0.271. The van der Waals surface area contributed by atoms with E-state index in [9.17, 15) is 4.39 Å². The Morgan fingerprint density at radius 3 is 2.88 bits per heavy atom. The Balaban J connectivity index is 2.51. The van der Waals surface area contributed by atoms with E-state index >= 15 is 0 Å². The van der Waals surface area contributed by atoms with Gasteiger partial charge in [0.15, 0.2) is 0 Å². The van der Waals surface area contributed by atoms with Crippen LogP contribution in [0, 0.1) is 9.39 Å². The number of aliphatic hydroxyl groups is 1. The minimum Gasteiger partial charge on any atom is -0.397 e. The first-order valence-corrected chi connectivity index (χ1v) is 6.25. The molecule has 4 N–H and O–H groups in total. The molecular formula is C11H16FIN2O. The number of rotatable bonds is 5. The maximum absolute atomic E-state index is 13.3. The molecule has 1 unspecified atom stereocenters. The van der Waals surface area contributed by atoms with Crippen LogP contribution >= 0.6 is 22.6 Å². The second-order valence-corrected chi connectivity index (χ2v) is 4.93. The fourth-order valence-corrected chi connectivity index (χ4v) is 1.83. The van der Waals surface area contributed by atoms with Crippen molar-refractivity contribution in [2.45, 2.75) is 25.9 Å². The molecule has 1 rings (SSSR count). The lowest BCUT2D eigenvalue weighted by molar-refractivity contribution is 0.183. The molecule has 0 aromatic heterocycles. The molecule has 0 aliphatic carbocycles. The molecule has 0 aliphatic rings. The number of nitrogen functional groups attached to an aromatic ring is 1. The van der Waals surface area contributed by atoms with Gasteiger partial charge in [0.2, 0.25) is 0 Å². The highest BCUT2D eigenvalue weighted by molar-refractivity contribution is 14.1. The summed E-state index contributed by atoms with van der Waals surface area (Å²) in [5, 5.41) is 12.1. The van der Waals surface area contributed by atoms with Crippen LogP contribution in [-0.2, 0) is 0 Å². The monoisotopic (exact) mass is 338 g/mol. The van der Waals surface area contributed by atoms with Crippen LogP contribution in [0.15, 0.2) is 12.1 Å². The van der Waals surface area contributed by atoms with E-state index in [0.717, 1.165) is 12.8 Å². The van der Waals surface area contributed by atoms with Crippen molar-refractivity contribution in [1.82, 2.24) is 0 Å². The quantitative estimate of drug-likeness (QED) is 0.439. The van der Waals surface area contributed by atoms with Gasteiger partial charge in [-0.25, -0.2) is 4.39 Å². The van der Waals surface area contributed by atoms with Gasteiger partial charge >= 0.3 is 0 Å². The SMILES string of the molecule is CC(O)CCCNc1cc(F)c(I)cc1N. The van der Waals surface area contributed by atoms with Gasteiger partial charge in [0, 0.05) is 12.6 Å². The summed E-state index contributed by atoms with van der Waals surface area (Å²) < 4.78 is 13.8. The van der Waals surface area contributed by atoms with Crippen molar-refractivity contribution >= 4 is 34.0 Å². The van der Waals surface area contributed by atoms with Crippen molar-refractivity contribution in [3.8, 4) is 0 Å². The molecule has 0 fully saturated rings. The number of nitrogens with one attached hydrogen (secondary N) is 1. The molecular weight excluding hydrogens is 322 g/mol. The summed E-state index contributed by atoms with van der Waals surface area (Å²) in [6.07, 6.45) is 1.25. The predicted molar refractivity (Wildman–Crippen MR) is 72.9 cm³/mol. The second kappa shape index (κ2) is 6.24. The molecule has 0 amide bonds. The van der Waals surface area contributed by atoms with Crippen LogP contribution in [-0.4, -0.2) is 17.8 Å². The van der Waals surface area contributed by atoms with Gasteiger partial charge in [-0.3, -0.25) is 0 Å². The lowest BCUT2D eigenvalue weighted by Gasteiger charge is -2.10. The number of hydrogen-bond donors (Lipinski definition) is 3. The van der Waals surface area contributed by atoms with E-state index in [1.807, 2.05) is 22.6 Å². The summed E-state index contributed by atoms with van der Waals surface area (Å²) in [6, 6.07) is 3.01. The van der Waals surface area contributed by atoms with Crippen LogP contribution in [0.3, 0.4) is 0 Å². The first kappa shape index (κ1) is 13.5. The predicted octanol–water partition coefficient (Wildman–Crippen LogP) is 2.59. The Bertz CT molecular complexity index is 358. The van der Waals surface area contributed by atoms with Gasteiger partial charge in [0.1, 0.15) is 5.82 Å². The zero-order valence-corrected chi connectivity index (χ0v) is 11.3. The van der Waals surface area contributed by atoms with Crippen LogP contribution in [0.4, 0.5) is 15.8 Å². The zero-order valence-electron chi connectivity index (χ0n) is 9.13. The van der Waals surface area contributed by atoms with E-state index in [4.69, 9.17) is 10.8 Å². The molecule has 1 aromatic rings. The Labute approximate surface area is 108 Å². The normalized spacial score (nSPS) is 12.5. The fourth-order valence-electron chi connectivity index (χ4n) is 1.34. The van der Waals surface area contributed by atoms with Crippen molar-refractivity contribution in [2.24, 2.45) is 0 Å². The maximum Gasteiger partial charge on any atom is 0.138 e. The van der Waals surface area contributed by atoms with Gasteiger partial charge in [0.25, 0.3) is 0 Å². The molecule has 3 nitrogen and oxygen atoms in total. The third-order valence-corrected chi connectivity index (χ3v) is 3.03. The largest absolute Gasteiger partial charge is 0.397 e. The Morgan fingerprint density at radius 2 is 2.25 bits per heavy atom. The van der Waals surface area contributed by atoms with E-state index in [-0.39, 0.29) is 11.9 Å². The van der Waals surface area contributed by atoms with Crippen molar-refractivity contribution in [3.63, 3.8) is 0 Å². The first-order valence-electron chi connectivity index (χ1n) is 5.17. The number of hydrogen-bond acceptors (Lipinski definition) is 3. The zero-order chi connectivity index (χ0) is 12.1. The van der Waals surface area contributed by atoms with Crippen LogP contribution in [0.2, 0.25) is 0 Å². The van der Waals surface area contributed by atoms with Gasteiger partial charge in [-0.05, 0) is 48.4 Å². The van der Waals surface area contributed by atoms with E-state index in [2.05, 4.69) is 5.32 Å². The summed E-state index contributed by atoms with van der Waals surface area (Å²) in [5.41, 5.74) is 6.91. The van der Waals surface area contributed by atoms with Crippen molar-refractivity contribution < 1.29 is 9.50 Å². The topological polar surface area (TPSA) is 58.3 Å². The van der Waals surface area contributed by atoms with Crippen molar-refractivity contribution in [1.29, 1.82) is 0 Å². The highest BCUT2D eigenvalue weighted by Gasteiger charge is 2.05. The van der Waals surface area contributed by atoms with Crippen molar-refractivity contribution in [3.05, 3.63) is 21.5 Å². The van der Waals surface area contributed by atoms with Crippen LogP contribution < -0.4 is 11.1 Å². The van der Waals surface area contributed by atoms with Crippen LogP contribution in [0.5, 0.6) is 0 Å². The summed E-state index contributed by atoms with van der Waals surface area (Å²) in [5.74, 6) is -0.271. The molecule has 0 aliphatic heterocycles. The standard InChI is InChI=1S/C11H16FIN2O/c1-7(16)3-2-4-15-11-5-8(12)9(13)6-10(11)14/h5-7,15-16H,2-4,14H2,1H3. The highest BCUT2D eigenvalue weighted by Crippen LogP contribution is 2.23. The van der Waals surface area contributed by atoms with Gasteiger partial charge < -0.3 is 16.2 Å². The lowest BCUT2D eigenvalue weighted by atomic mass is 10.2. The average molecular weight is 338 g/mol. The molecule has 90 valence electrons. The number of anilines is 2. The molecule has 5 heteroatoms. The average Bonchev–Trinajstić information content (AvgIpc) is 2.19. The summed E-state index contributed by atoms with van der Waals surface area (Å²) in [7, 11) is 0. The van der Waals surface area contributed by atoms with Crippen LogP contribution in [0.25, 0.3) is 0 Å². The molecule has 1 atom stereocenters. The molecule has 0 radical (unpaired) electrons. The molecule has 0 heterocycles. The lowest BCUT2D eigenvalue weighted by Crippen LogP contribution is -2.08. The summed E-state index contributed by atoms with van der Waals surface area (Å²) in [4.78, 5) is 0. The highest BCUT2D eigenvalue weighted by atomic mass is 127. The van der Waals surface area contributed by atoms with E-state index in [0.29, 0.717) is 21.5 Å². The summed E-state index contributed by atoms with van der Waals surface area (Å²) >= 11 is 1.90. The van der Waals surface area contributed by atoms with E-state index in [1.54, 1.807) is 13.0 Å². The number of nitrogens with two attached hydrogens (primary N) is 1. The molecule has 0 bridgehead atoms. The Hall–Kier alpha value is -0.560. The third-order valence-electron chi connectivity index (χ3n) is 2.21. The van der Waals surface area contributed by atoms with E-state index in [1.165, 1.54) is 6.07 Å². The van der Waals surface area contributed by atoms with Gasteiger partial charge in [-0.2, -0.15) is 0 Å². The number of halogens is 2. The minimum atomic E-state index is -0.299. The van der Waals surface area contributed by atoms with E-state index < -0.39 is 0 Å². The molecule has 0 saturated carbocycles. The second-order valence-electron chi connectivity index (χ2n) is 3.77. The van der Waals surface area contributed by atoms with Crippen LogP contribution in [0.1, 0.15) is 19.8 Å². The van der Waals surface area contributed by atoms with Gasteiger partial charge in [-0.15, -0.1) is 0 Å². The maximum atomic E-state index is 13.3. The smallest absolute Gasteiger partial charge is 0.138 e.